The topological polar surface area (TPSA) is 27.6 Å². The van der Waals surface area contributed by atoms with Gasteiger partial charge < -0.3 is 10.2 Å². The van der Waals surface area contributed by atoms with E-state index in [0.29, 0.717) is 10.4 Å². The van der Waals surface area contributed by atoms with Gasteiger partial charge in [0.2, 0.25) is 0 Å². The molecule has 0 bridgehead atoms. The average Bonchev–Trinajstić information content (AvgIpc) is 2.58. The molecule has 5 heteroatoms. The first-order chi connectivity index (χ1) is 8.15. The smallest absolute Gasteiger partial charge is 0.199 e. The summed E-state index contributed by atoms with van der Waals surface area (Å²) in [6.07, 6.45) is 0. The molecule has 1 aromatic carbocycles. The molecule has 1 aliphatic heterocycles. The van der Waals surface area contributed by atoms with Gasteiger partial charge in [-0.1, -0.05) is 36.9 Å². The fourth-order valence-electron chi connectivity index (χ4n) is 1.64. The summed E-state index contributed by atoms with van der Waals surface area (Å²) in [4.78, 5) is 6.56. The first-order valence-corrected chi connectivity index (χ1v) is 6.76. The van der Waals surface area contributed by atoms with Gasteiger partial charge in [0.05, 0.1) is 0 Å². The third-order valence-corrected chi connectivity index (χ3v) is 3.74. The lowest BCUT2D eigenvalue weighted by Gasteiger charge is -2.10. The number of anilines is 1. The van der Waals surface area contributed by atoms with Crippen molar-refractivity contribution in [2.45, 2.75) is 12.2 Å². The van der Waals surface area contributed by atoms with Crippen molar-refractivity contribution in [1.29, 1.82) is 0 Å². The molecule has 1 heterocycles. The molecule has 0 aromatic heterocycles. The van der Waals surface area contributed by atoms with Crippen LogP contribution in [-0.2, 0) is 0 Å². The van der Waals surface area contributed by atoms with E-state index in [2.05, 4.69) is 22.1 Å². The predicted molar refractivity (Wildman–Crippen MR) is 79.8 cm³/mol. The Bertz CT molecular complexity index is 431. The van der Waals surface area contributed by atoms with Gasteiger partial charge >= 0.3 is 0 Å². The summed E-state index contributed by atoms with van der Waals surface area (Å²) in [5.74, 6) is 0. The van der Waals surface area contributed by atoms with Crippen molar-refractivity contribution in [1.82, 2.24) is 4.90 Å². The summed E-state index contributed by atoms with van der Waals surface area (Å²) in [7, 11) is 2.04. The Balaban J connectivity index is 2.00. The molecule has 1 saturated heterocycles. The zero-order chi connectivity index (χ0) is 12.3. The second-order valence-electron chi connectivity index (χ2n) is 4.00. The summed E-state index contributed by atoms with van der Waals surface area (Å²) >= 11 is 6.99. The molecule has 1 N–H and O–H groups in total. The van der Waals surface area contributed by atoms with Crippen LogP contribution in [0.2, 0.25) is 0 Å². The van der Waals surface area contributed by atoms with E-state index in [1.54, 1.807) is 11.8 Å². The Morgan fingerprint density at radius 2 is 2.18 bits per heavy atom. The predicted octanol–water partition coefficient (Wildman–Crippen LogP) is 2.81. The van der Waals surface area contributed by atoms with Gasteiger partial charge in [-0.25, -0.2) is 0 Å². The van der Waals surface area contributed by atoms with E-state index in [9.17, 15) is 0 Å². The SMILES string of the molecule is CC1CN(C)/C(=N\C(=S)Nc2ccccc2)S1. The summed E-state index contributed by atoms with van der Waals surface area (Å²) in [6, 6.07) is 9.86. The number of thioether (sulfide) groups is 1. The van der Waals surface area contributed by atoms with E-state index in [0.717, 1.165) is 17.4 Å². The molecule has 90 valence electrons. The van der Waals surface area contributed by atoms with E-state index >= 15 is 0 Å². The number of hydrogen-bond acceptors (Lipinski definition) is 2. The third-order valence-electron chi connectivity index (χ3n) is 2.39. The van der Waals surface area contributed by atoms with Crippen LogP contribution in [0.4, 0.5) is 5.69 Å². The maximum atomic E-state index is 5.23. The maximum Gasteiger partial charge on any atom is 0.199 e. The molecular formula is C12H15N3S2. The van der Waals surface area contributed by atoms with E-state index in [1.807, 2.05) is 37.4 Å². The van der Waals surface area contributed by atoms with Gasteiger partial charge in [0.25, 0.3) is 0 Å². The normalized spacial score (nSPS) is 21.9. The number of thiocarbonyl (C=S) groups is 1. The molecule has 0 radical (unpaired) electrons. The van der Waals surface area contributed by atoms with Gasteiger partial charge in [0.1, 0.15) is 0 Å². The highest BCUT2D eigenvalue weighted by atomic mass is 32.2. The molecular weight excluding hydrogens is 250 g/mol. The second kappa shape index (κ2) is 5.51. The molecule has 0 spiro atoms. The summed E-state index contributed by atoms with van der Waals surface area (Å²) in [6.45, 7) is 3.22. The van der Waals surface area contributed by atoms with Crippen molar-refractivity contribution in [2.24, 2.45) is 4.99 Å². The molecule has 0 saturated carbocycles. The van der Waals surface area contributed by atoms with Gasteiger partial charge in [-0.2, -0.15) is 4.99 Å². The summed E-state index contributed by atoms with van der Waals surface area (Å²) in [5, 5.41) is 5.20. The molecule has 1 aromatic rings. The first kappa shape index (κ1) is 12.4. The number of hydrogen-bond donors (Lipinski definition) is 1. The van der Waals surface area contributed by atoms with Gasteiger partial charge in [-0.3, -0.25) is 0 Å². The Kier molecular flexibility index (Phi) is 4.02. The number of nitrogens with one attached hydrogen (secondary N) is 1. The van der Waals surface area contributed by atoms with Crippen molar-refractivity contribution in [3.8, 4) is 0 Å². The Morgan fingerprint density at radius 3 is 2.76 bits per heavy atom. The van der Waals surface area contributed by atoms with Crippen LogP contribution < -0.4 is 5.32 Å². The van der Waals surface area contributed by atoms with Crippen molar-refractivity contribution in [3.63, 3.8) is 0 Å². The van der Waals surface area contributed by atoms with Gasteiger partial charge in [-0.15, -0.1) is 0 Å². The highest BCUT2D eigenvalue weighted by molar-refractivity contribution is 8.14. The zero-order valence-corrected chi connectivity index (χ0v) is 11.5. The monoisotopic (exact) mass is 265 g/mol. The fourth-order valence-corrected chi connectivity index (χ4v) is 2.96. The van der Waals surface area contributed by atoms with Crippen LogP contribution in [0.1, 0.15) is 6.92 Å². The number of benzene rings is 1. The van der Waals surface area contributed by atoms with Gasteiger partial charge in [0, 0.05) is 24.5 Å². The maximum absolute atomic E-state index is 5.23. The van der Waals surface area contributed by atoms with E-state index < -0.39 is 0 Å². The highest BCUT2D eigenvalue weighted by Gasteiger charge is 2.22. The highest BCUT2D eigenvalue weighted by Crippen LogP contribution is 2.23. The molecule has 2 rings (SSSR count). The summed E-state index contributed by atoms with van der Waals surface area (Å²) in [5.41, 5.74) is 0.973. The second-order valence-corrected chi connectivity index (χ2v) is 5.79. The van der Waals surface area contributed by atoms with E-state index in [4.69, 9.17) is 12.2 Å². The lowest BCUT2D eigenvalue weighted by Crippen LogP contribution is -2.21. The average molecular weight is 265 g/mol. The number of para-hydroxylation sites is 1. The minimum atomic E-state index is 0.514. The van der Waals surface area contributed by atoms with Crippen LogP contribution in [0, 0.1) is 0 Å². The van der Waals surface area contributed by atoms with Crippen molar-refractivity contribution in [3.05, 3.63) is 30.3 Å². The van der Waals surface area contributed by atoms with Gasteiger partial charge in [0.15, 0.2) is 10.3 Å². The number of nitrogens with zero attached hydrogens (tertiary/aromatic N) is 2. The fraction of sp³-hybridized carbons (Fsp3) is 0.333. The number of rotatable bonds is 1. The van der Waals surface area contributed by atoms with Crippen LogP contribution in [0.15, 0.2) is 35.3 Å². The standard InChI is InChI=1S/C12H15N3S2/c1-9-8-15(2)12(17-9)14-11(16)13-10-6-4-3-5-7-10/h3-7,9H,8H2,1-2H3,(H,13,16)/b14-12+. The van der Waals surface area contributed by atoms with Crippen molar-refractivity contribution >= 4 is 39.9 Å². The van der Waals surface area contributed by atoms with Gasteiger partial charge in [-0.05, 0) is 24.4 Å². The zero-order valence-electron chi connectivity index (χ0n) is 9.88. The van der Waals surface area contributed by atoms with Crippen LogP contribution in [-0.4, -0.2) is 34.0 Å². The first-order valence-electron chi connectivity index (χ1n) is 5.47. The minimum absolute atomic E-state index is 0.514. The van der Waals surface area contributed by atoms with Crippen LogP contribution >= 0.6 is 24.0 Å². The molecule has 0 aliphatic carbocycles. The Hall–Kier alpha value is -1.07. The Morgan fingerprint density at radius 1 is 1.47 bits per heavy atom. The van der Waals surface area contributed by atoms with Crippen molar-refractivity contribution in [2.75, 3.05) is 18.9 Å². The van der Waals surface area contributed by atoms with Crippen LogP contribution in [0.3, 0.4) is 0 Å². The minimum Gasteiger partial charge on any atom is -0.353 e. The molecule has 1 atom stereocenters. The molecule has 1 unspecified atom stereocenters. The lowest BCUT2D eigenvalue weighted by molar-refractivity contribution is 0.533. The lowest BCUT2D eigenvalue weighted by atomic mass is 10.3. The number of aliphatic imine (C=N–C) groups is 1. The number of amidine groups is 1. The van der Waals surface area contributed by atoms with E-state index in [1.165, 1.54) is 0 Å². The molecule has 1 fully saturated rings. The molecule has 0 amide bonds. The van der Waals surface area contributed by atoms with Crippen LogP contribution in [0.5, 0.6) is 0 Å². The largest absolute Gasteiger partial charge is 0.353 e. The van der Waals surface area contributed by atoms with Crippen molar-refractivity contribution < 1.29 is 0 Å². The summed E-state index contributed by atoms with van der Waals surface area (Å²) < 4.78 is 0. The molecule has 3 nitrogen and oxygen atoms in total. The van der Waals surface area contributed by atoms with Crippen LogP contribution in [0.25, 0.3) is 0 Å². The quantitative estimate of drug-likeness (QED) is 0.790. The Labute approximate surface area is 111 Å². The molecule has 17 heavy (non-hydrogen) atoms. The third kappa shape index (κ3) is 3.44. The van der Waals surface area contributed by atoms with E-state index in [-0.39, 0.29) is 0 Å². The molecule has 1 aliphatic rings.